The Morgan fingerprint density at radius 3 is 2.70 bits per heavy atom. The Labute approximate surface area is 126 Å². The largest absolute Gasteiger partial charge is 0.244 e. The average Bonchev–Trinajstić information content (AvgIpc) is 2.46. The standard InChI is InChI=1S/C14H21ClN2O2S/c1-2-13(11-6-4-3-5-7-11)17-20(18,19)12-8-9-16-14(15)10-12/h8-11,13,17H,2-7H2,1H3. The van der Waals surface area contributed by atoms with Gasteiger partial charge in [0, 0.05) is 12.2 Å². The number of halogens is 1. The minimum atomic E-state index is -3.52. The van der Waals surface area contributed by atoms with E-state index in [9.17, 15) is 8.42 Å². The molecule has 0 saturated heterocycles. The third kappa shape index (κ3) is 3.93. The van der Waals surface area contributed by atoms with Crippen molar-refractivity contribution in [1.82, 2.24) is 9.71 Å². The van der Waals surface area contributed by atoms with E-state index in [0.29, 0.717) is 5.92 Å². The molecular weight excluding hydrogens is 296 g/mol. The summed E-state index contributed by atoms with van der Waals surface area (Å²) < 4.78 is 27.6. The summed E-state index contributed by atoms with van der Waals surface area (Å²) in [5.74, 6) is 0.445. The molecule has 1 atom stereocenters. The minimum absolute atomic E-state index is 0.00670. The quantitative estimate of drug-likeness (QED) is 0.847. The zero-order valence-corrected chi connectivity index (χ0v) is 13.3. The van der Waals surface area contributed by atoms with E-state index < -0.39 is 10.0 Å². The van der Waals surface area contributed by atoms with Gasteiger partial charge in [0.1, 0.15) is 5.15 Å². The Kier molecular flexibility index (Phi) is 5.41. The lowest BCUT2D eigenvalue weighted by molar-refractivity contribution is 0.285. The van der Waals surface area contributed by atoms with Gasteiger partial charge in [-0.05, 0) is 37.3 Å². The first-order chi connectivity index (χ1) is 9.53. The van der Waals surface area contributed by atoms with Gasteiger partial charge < -0.3 is 0 Å². The minimum Gasteiger partial charge on any atom is -0.244 e. The van der Waals surface area contributed by atoms with Gasteiger partial charge in [0.05, 0.1) is 4.90 Å². The molecule has 0 radical (unpaired) electrons. The molecule has 0 aliphatic heterocycles. The van der Waals surface area contributed by atoms with Gasteiger partial charge in [0.15, 0.2) is 0 Å². The molecule has 112 valence electrons. The zero-order chi connectivity index (χ0) is 14.6. The normalized spacial score (nSPS) is 18.9. The smallest absolute Gasteiger partial charge is 0.240 e. The fourth-order valence-corrected chi connectivity index (χ4v) is 4.51. The molecule has 0 spiro atoms. The number of aromatic nitrogens is 1. The maximum atomic E-state index is 12.4. The van der Waals surface area contributed by atoms with E-state index >= 15 is 0 Å². The number of hydrogen-bond acceptors (Lipinski definition) is 3. The van der Waals surface area contributed by atoms with Gasteiger partial charge in [-0.2, -0.15) is 0 Å². The monoisotopic (exact) mass is 316 g/mol. The first-order valence-corrected chi connectivity index (χ1v) is 9.03. The van der Waals surface area contributed by atoms with Gasteiger partial charge in [-0.3, -0.25) is 0 Å². The summed E-state index contributed by atoms with van der Waals surface area (Å²) in [5, 5.41) is 0.193. The number of nitrogens with zero attached hydrogens (tertiary/aromatic N) is 1. The second-order valence-electron chi connectivity index (χ2n) is 5.35. The van der Waals surface area contributed by atoms with E-state index in [0.717, 1.165) is 19.3 Å². The summed E-state index contributed by atoms with van der Waals surface area (Å²) in [5.41, 5.74) is 0. The second-order valence-corrected chi connectivity index (χ2v) is 7.45. The number of hydrogen-bond donors (Lipinski definition) is 1. The molecule has 4 nitrogen and oxygen atoms in total. The van der Waals surface area contributed by atoms with Gasteiger partial charge in [0.25, 0.3) is 0 Å². The van der Waals surface area contributed by atoms with Crippen LogP contribution >= 0.6 is 11.6 Å². The molecule has 0 aromatic carbocycles. The van der Waals surface area contributed by atoms with Crippen LogP contribution in [0.5, 0.6) is 0 Å². The van der Waals surface area contributed by atoms with E-state index in [4.69, 9.17) is 11.6 Å². The Morgan fingerprint density at radius 2 is 2.10 bits per heavy atom. The lowest BCUT2D eigenvalue weighted by Crippen LogP contribution is -2.40. The van der Waals surface area contributed by atoms with E-state index in [1.165, 1.54) is 37.6 Å². The maximum absolute atomic E-state index is 12.4. The Hall–Kier alpha value is -0.650. The Morgan fingerprint density at radius 1 is 1.40 bits per heavy atom. The van der Waals surface area contributed by atoms with Crippen LogP contribution in [0.25, 0.3) is 0 Å². The van der Waals surface area contributed by atoms with Crippen LogP contribution in [0.3, 0.4) is 0 Å². The van der Waals surface area contributed by atoms with Gasteiger partial charge in [0.2, 0.25) is 10.0 Å². The maximum Gasteiger partial charge on any atom is 0.240 e. The van der Waals surface area contributed by atoms with Crippen molar-refractivity contribution in [2.45, 2.75) is 56.4 Å². The molecule has 1 unspecified atom stereocenters. The highest BCUT2D eigenvalue weighted by molar-refractivity contribution is 7.89. The predicted molar refractivity (Wildman–Crippen MR) is 80.2 cm³/mol. The lowest BCUT2D eigenvalue weighted by Gasteiger charge is -2.30. The molecule has 0 bridgehead atoms. The first-order valence-electron chi connectivity index (χ1n) is 7.17. The summed E-state index contributed by atoms with van der Waals surface area (Å²) in [6.07, 6.45) is 8.10. The van der Waals surface area contributed by atoms with Crippen LogP contribution in [-0.2, 0) is 10.0 Å². The van der Waals surface area contributed by atoms with Gasteiger partial charge in [-0.25, -0.2) is 18.1 Å². The molecule has 1 saturated carbocycles. The second kappa shape index (κ2) is 6.87. The zero-order valence-electron chi connectivity index (χ0n) is 11.7. The van der Waals surface area contributed by atoms with Crippen LogP contribution in [0, 0.1) is 5.92 Å². The van der Waals surface area contributed by atoms with Crippen LogP contribution in [0.15, 0.2) is 23.2 Å². The number of nitrogens with one attached hydrogen (secondary N) is 1. The van der Waals surface area contributed by atoms with E-state index in [2.05, 4.69) is 9.71 Å². The van der Waals surface area contributed by atoms with Crippen molar-refractivity contribution in [2.24, 2.45) is 5.92 Å². The van der Waals surface area contributed by atoms with E-state index in [1.54, 1.807) is 0 Å². The first kappa shape index (κ1) is 15.7. The van der Waals surface area contributed by atoms with Crippen LogP contribution in [-0.4, -0.2) is 19.4 Å². The molecule has 20 heavy (non-hydrogen) atoms. The fraction of sp³-hybridized carbons (Fsp3) is 0.643. The highest BCUT2D eigenvalue weighted by Gasteiger charge is 2.27. The molecule has 2 rings (SSSR count). The van der Waals surface area contributed by atoms with Crippen molar-refractivity contribution in [1.29, 1.82) is 0 Å². The van der Waals surface area contributed by atoms with Crippen LogP contribution < -0.4 is 4.72 Å². The molecule has 6 heteroatoms. The molecule has 1 aromatic rings. The molecule has 0 amide bonds. The molecule has 1 aliphatic carbocycles. The van der Waals surface area contributed by atoms with Crippen molar-refractivity contribution in [3.05, 3.63) is 23.5 Å². The third-order valence-corrected chi connectivity index (χ3v) is 5.67. The molecule has 1 aliphatic rings. The van der Waals surface area contributed by atoms with Crippen molar-refractivity contribution in [3.63, 3.8) is 0 Å². The Bertz CT molecular complexity index is 542. The van der Waals surface area contributed by atoms with Gasteiger partial charge >= 0.3 is 0 Å². The highest BCUT2D eigenvalue weighted by atomic mass is 35.5. The van der Waals surface area contributed by atoms with E-state index in [1.807, 2.05) is 6.92 Å². The van der Waals surface area contributed by atoms with Crippen molar-refractivity contribution >= 4 is 21.6 Å². The van der Waals surface area contributed by atoms with Crippen LogP contribution in [0.2, 0.25) is 5.15 Å². The van der Waals surface area contributed by atoms with Crippen LogP contribution in [0.1, 0.15) is 45.4 Å². The van der Waals surface area contributed by atoms with Crippen molar-refractivity contribution in [2.75, 3.05) is 0 Å². The molecule has 1 heterocycles. The van der Waals surface area contributed by atoms with Gasteiger partial charge in [-0.15, -0.1) is 0 Å². The van der Waals surface area contributed by atoms with Crippen LogP contribution in [0.4, 0.5) is 0 Å². The number of pyridine rings is 1. The summed E-state index contributed by atoms with van der Waals surface area (Å²) in [6.45, 7) is 2.03. The highest BCUT2D eigenvalue weighted by Crippen LogP contribution is 2.28. The molecule has 1 aromatic heterocycles. The summed E-state index contributed by atoms with van der Waals surface area (Å²) in [4.78, 5) is 4.00. The molecule has 1 N–H and O–H groups in total. The number of sulfonamides is 1. The Balaban J connectivity index is 2.13. The lowest BCUT2D eigenvalue weighted by atomic mass is 9.83. The predicted octanol–water partition coefficient (Wildman–Crippen LogP) is 3.37. The summed E-state index contributed by atoms with van der Waals surface area (Å²) >= 11 is 5.77. The topological polar surface area (TPSA) is 59.1 Å². The molecule has 1 fully saturated rings. The van der Waals surface area contributed by atoms with Crippen molar-refractivity contribution < 1.29 is 8.42 Å². The van der Waals surface area contributed by atoms with Gasteiger partial charge in [-0.1, -0.05) is 37.8 Å². The fourth-order valence-electron chi connectivity index (χ4n) is 2.87. The summed E-state index contributed by atoms with van der Waals surface area (Å²) in [7, 11) is -3.52. The van der Waals surface area contributed by atoms with Crippen molar-refractivity contribution in [3.8, 4) is 0 Å². The number of rotatable bonds is 5. The average molecular weight is 317 g/mol. The third-order valence-electron chi connectivity index (χ3n) is 3.97. The summed E-state index contributed by atoms with van der Waals surface area (Å²) in [6, 6.07) is 2.87. The van der Waals surface area contributed by atoms with E-state index in [-0.39, 0.29) is 16.1 Å². The SMILES string of the molecule is CCC(NS(=O)(=O)c1ccnc(Cl)c1)C1CCCCC1. The molecular formula is C14H21ClN2O2S.